The fourth-order valence-corrected chi connectivity index (χ4v) is 5.48. The summed E-state index contributed by atoms with van der Waals surface area (Å²) in [5.41, 5.74) is 5.41. The third kappa shape index (κ3) is 3.72. The van der Waals surface area contributed by atoms with Gasteiger partial charge in [-0.25, -0.2) is 10.5 Å². The highest BCUT2D eigenvalue weighted by Gasteiger charge is 2.52. The van der Waals surface area contributed by atoms with E-state index in [0.29, 0.717) is 25.4 Å². The van der Waals surface area contributed by atoms with Crippen LogP contribution in [0, 0.1) is 11.3 Å². The van der Waals surface area contributed by atoms with Gasteiger partial charge in [0.2, 0.25) is 11.8 Å². The van der Waals surface area contributed by atoms with Crippen LogP contribution in [0.15, 0.2) is 24.5 Å². The van der Waals surface area contributed by atoms with Gasteiger partial charge in [0.25, 0.3) is 0 Å². The smallest absolute Gasteiger partial charge is 0.248 e. The monoisotopic (exact) mass is 425 g/mol. The van der Waals surface area contributed by atoms with E-state index in [2.05, 4.69) is 40.0 Å². The molecule has 3 aliphatic rings. The predicted octanol–water partition coefficient (Wildman–Crippen LogP) is 2.03. The van der Waals surface area contributed by atoms with E-state index in [0.717, 1.165) is 49.8 Å². The van der Waals surface area contributed by atoms with Gasteiger partial charge >= 0.3 is 0 Å². The van der Waals surface area contributed by atoms with Crippen LogP contribution in [0.5, 0.6) is 0 Å². The molecule has 2 aromatic rings. The van der Waals surface area contributed by atoms with Gasteiger partial charge in [0, 0.05) is 26.2 Å². The number of hydrogen-bond acceptors (Lipinski definition) is 5. The van der Waals surface area contributed by atoms with E-state index < -0.39 is 17.9 Å². The SMILES string of the molecule is CCn1cnc2ccc(C3CCN(C(=O)[C@H]4NCC5(CC5)C[C@@H]4C(=O)NO)CC3)cc21. The number of benzene rings is 1. The Morgan fingerprint density at radius 2 is 2.06 bits per heavy atom. The molecule has 8 nitrogen and oxygen atoms in total. The molecule has 2 saturated heterocycles. The van der Waals surface area contributed by atoms with Gasteiger partial charge in [-0.3, -0.25) is 14.8 Å². The summed E-state index contributed by atoms with van der Waals surface area (Å²) >= 11 is 0. The van der Waals surface area contributed by atoms with Crippen LogP contribution < -0.4 is 10.8 Å². The molecule has 3 fully saturated rings. The van der Waals surface area contributed by atoms with Gasteiger partial charge in [0.1, 0.15) is 0 Å². The molecule has 0 unspecified atom stereocenters. The number of likely N-dealkylation sites (tertiary alicyclic amines) is 1. The Morgan fingerprint density at radius 3 is 2.74 bits per heavy atom. The number of aromatic nitrogens is 2. The first-order valence-corrected chi connectivity index (χ1v) is 11.4. The van der Waals surface area contributed by atoms with Crippen LogP contribution in [0.25, 0.3) is 11.0 Å². The van der Waals surface area contributed by atoms with E-state index >= 15 is 0 Å². The van der Waals surface area contributed by atoms with Crippen molar-refractivity contribution in [2.75, 3.05) is 19.6 Å². The highest BCUT2D eigenvalue weighted by molar-refractivity contribution is 5.90. The number of fused-ring (bicyclic) bond motifs is 1. The van der Waals surface area contributed by atoms with E-state index in [4.69, 9.17) is 0 Å². The zero-order chi connectivity index (χ0) is 21.6. The molecule has 8 heteroatoms. The molecule has 3 N–H and O–H groups in total. The summed E-state index contributed by atoms with van der Waals surface area (Å²) < 4.78 is 2.16. The van der Waals surface area contributed by atoms with Crippen LogP contribution in [-0.2, 0) is 16.1 Å². The summed E-state index contributed by atoms with van der Waals surface area (Å²) in [5.74, 6) is -0.558. The Balaban J connectivity index is 1.25. The highest BCUT2D eigenvalue weighted by atomic mass is 16.5. The van der Waals surface area contributed by atoms with Gasteiger partial charge in [-0.15, -0.1) is 0 Å². The topological polar surface area (TPSA) is 99.5 Å². The maximum Gasteiger partial charge on any atom is 0.248 e. The molecular formula is C23H31N5O3. The summed E-state index contributed by atoms with van der Waals surface area (Å²) in [6.07, 6.45) is 6.55. The van der Waals surface area contributed by atoms with Crippen LogP contribution in [0.1, 0.15) is 50.5 Å². The number of carbonyl (C=O) groups is 2. The van der Waals surface area contributed by atoms with Gasteiger partial charge in [0.05, 0.1) is 29.3 Å². The van der Waals surface area contributed by atoms with Crippen molar-refractivity contribution in [1.82, 2.24) is 25.2 Å². The maximum atomic E-state index is 13.3. The average Bonchev–Trinajstić information content (AvgIpc) is 3.43. The maximum absolute atomic E-state index is 13.3. The lowest BCUT2D eigenvalue weighted by molar-refractivity contribution is -0.145. The van der Waals surface area contributed by atoms with Crippen LogP contribution in [-0.4, -0.2) is 57.1 Å². The first-order valence-electron chi connectivity index (χ1n) is 11.4. The third-order valence-electron chi connectivity index (χ3n) is 7.69. The van der Waals surface area contributed by atoms with Crippen molar-refractivity contribution in [1.29, 1.82) is 0 Å². The molecule has 5 rings (SSSR count). The quantitative estimate of drug-likeness (QED) is 0.514. The normalized spacial score (nSPS) is 25.7. The van der Waals surface area contributed by atoms with E-state index in [9.17, 15) is 14.8 Å². The second kappa shape index (κ2) is 7.91. The van der Waals surface area contributed by atoms with Gasteiger partial charge in [0.15, 0.2) is 0 Å². The molecule has 1 spiro atoms. The van der Waals surface area contributed by atoms with E-state index in [1.807, 2.05) is 11.2 Å². The van der Waals surface area contributed by atoms with Crippen molar-refractivity contribution in [3.63, 3.8) is 0 Å². The number of rotatable bonds is 4. The summed E-state index contributed by atoms with van der Waals surface area (Å²) in [4.78, 5) is 31.9. The van der Waals surface area contributed by atoms with Gasteiger partial charge in [-0.1, -0.05) is 6.07 Å². The minimum atomic E-state index is -0.551. The molecule has 2 amide bonds. The predicted molar refractivity (Wildman–Crippen MR) is 115 cm³/mol. The molecule has 1 aliphatic carbocycles. The first kappa shape index (κ1) is 20.5. The molecule has 3 heterocycles. The van der Waals surface area contributed by atoms with Crippen molar-refractivity contribution >= 4 is 22.8 Å². The average molecular weight is 426 g/mol. The minimum absolute atomic E-state index is 0.0120. The molecule has 166 valence electrons. The van der Waals surface area contributed by atoms with Crippen molar-refractivity contribution < 1.29 is 14.8 Å². The van der Waals surface area contributed by atoms with E-state index in [-0.39, 0.29) is 11.3 Å². The summed E-state index contributed by atoms with van der Waals surface area (Å²) in [6, 6.07) is 5.95. The Morgan fingerprint density at radius 1 is 1.29 bits per heavy atom. The number of aryl methyl sites for hydroxylation is 1. The van der Waals surface area contributed by atoms with Crippen molar-refractivity contribution in [3.8, 4) is 0 Å². The minimum Gasteiger partial charge on any atom is -0.341 e. The Labute approximate surface area is 182 Å². The fraction of sp³-hybridized carbons (Fsp3) is 0.609. The van der Waals surface area contributed by atoms with Crippen LogP contribution in [0.4, 0.5) is 0 Å². The van der Waals surface area contributed by atoms with Gasteiger partial charge in [-0.2, -0.15) is 0 Å². The Kier molecular flexibility index (Phi) is 5.22. The van der Waals surface area contributed by atoms with Gasteiger partial charge < -0.3 is 14.8 Å². The van der Waals surface area contributed by atoms with Crippen molar-refractivity contribution in [2.24, 2.45) is 11.3 Å². The molecular weight excluding hydrogens is 394 g/mol. The van der Waals surface area contributed by atoms with Crippen LogP contribution >= 0.6 is 0 Å². The number of hydroxylamine groups is 1. The van der Waals surface area contributed by atoms with E-state index in [1.165, 1.54) is 5.56 Å². The van der Waals surface area contributed by atoms with Gasteiger partial charge in [-0.05, 0) is 68.1 Å². The summed E-state index contributed by atoms with van der Waals surface area (Å²) in [6.45, 7) is 5.16. The lowest BCUT2D eigenvalue weighted by Gasteiger charge is -2.40. The lowest BCUT2D eigenvalue weighted by atomic mass is 9.81. The Bertz CT molecular complexity index is 990. The molecule has 2 atom stereocenters. The molecule has 0 bridgehead atoms. The standard InChI is InChI=1S/C23H31N5O3/c1-2-27-14-25-18-4-3-16(11-19(18)27)15-5-9-28(10-6-15)22(30)20-17(21(29)26-31)12-23(7-8-23)13-24-20/h3-4,11,14-15,17,20,24,31H,2,5-10,12-13H2,1H3,(H,26,29)/t17-,20-/m0/s1. The second-order valence-electron chi connectivity index (χ2n) is 9.52. The second-order valence-corrected chi connectivity index (χ2v) is 9.52. The lowest BCUT2D eigenvalue weighted by Crippen LogP contribution is -2.59. The number of piperidine rings is 2. The molecule has 0 radical (unpaired) electrons. The number of nitrogens with one attached hydrogen (secondary N) is 2. The molecule has 1 aromatic heterocycles. The molecule has 1 aromatic carbocycles. The summed E-state index contributed by atoms with van der Waals surface area (Å²) in [7, 11) is 0. The zero-order valence-electron chi connectivity index (χ0n) is 18.0. The largest absolute Gasteiger partial charge is 0.341 e. The number of nitrogens with zero attached hydrogens (tertiary/aromatic N) is 3. The molecule has 1 saturated carbocycles. The van der Waals surface area contributed by atoms with E-state index in [1.54, 1.807) is 5.48 Å². The first-order chi connectivity index (χ1) is 15.0. The summed E-state index contributed by atoms with van der Waals surface area (Å²) in [5, 5.41) is 12.5. The number of imidazole rings is 1. The molecule has 31 heavy (non-hydrogen) atoms. The number of carbonyl (C=O) groups excluding carboxylic acids is 2. The highest BCUT2D eigenvalue weighted by Crippen LogP contribution is 2.52. The number of hydrogen-bond donors (Lipinski definition) is 3. The fourth-order valence-electron chi connectivity index (χ4n) is 5.48. The third-order valence-corrected chi connectivity index (χ3v) is 7.69. The zero-order valence-corrected chi connectivity index (χ0v) is 18.0. The van der Waals surface area contributed by atoms with Crippen molar-refractivity contribution in [2.45, 2.75) is 57.5 Å². The number of amides is 2. The Hall–Kier alpha value is -2.45. The van der Waals surface area contributed by atoms with Crippen LogP contribution in [0.2, 0.25) is 0 Å². The van der Waals surface area contributed by atoms with Crippen molar-refractivity contribution in [3.05, 3.63) is 30.1 Å². The van der Waals surface area contributed by atoms with Crippen LogP contribution in [0.3, 0.4) is 0 Å². The molecule has 2 aliphatic heterocycles.